The highest BCUT2D eigenvalue weighted by Gasteiger charge is 2.32. The summed E-state index contributed by atoms with van der Waals surface area (Å²) in [5.41, 5.74) is 2.67. The zero-order chi connectivity index (χ0) is 44.8. The van der Waals surface area contributed by atoms with Crippen LogP contribution in [0.5, 0.6) is 11.6 Å². The number of ether oxygens (including phenoxy) is 9. The van der Waals surface area contributed by atoms with Gasteiger partial charge in [-0.3, -0.25) is 9.58 Å². The maximum Gasteiger partial charge on any atom is 0.256 e. The highest BCUT2D eigenvalue weighted by atomic mass is 16.6. The number of nitrogens with zero attached hydrogens (tertiary/aromatic N) is 10. The molecule has 2 fully saturated rings. The van der Waals surface area contributed by atoms with Crippen LogP contribution in [-0.4, -0.2) is 169 Å². The summed E-state index contributed by atoms with van der Waals surface area (Å²) in [6, 6.07) is 8.41. The molecule has 0 unspecified atom stereocenters. The van der Waals surface area contributed by atoms with Gasteiger partial charge < -0.3 is 47.9 Å². The first-order valence-corrected chi connectivity index (χ1v) is 22.4. The van der Waals surface area contributed by atoms with Gasteiger partial charge in [-0.25, -0.2) is 14.6 Å². The van der Waals surface area contributed by atoms with Gasteiger partial charge in [0, 0.05) is 57.2 Å². The van der Waals surface area contributed by atoms with Gasteiger partial charge in [0.25, 0.3) is 5.88 Å². The Morgan fingerprint density at radius 1 is 0.812 bits per heavy atom. The van der Waals surface area contributed by atoms with Crippen LogP contribution in [0.4, 0.5) is 11.6 Å². The number of methoxy groups -OCH3 is 1. The predicted molar refractivity (Wildman–Crippen MR) is 235 cm³/mol. The topological polar surface area (TPSA) is 209 Å². The first-order valence-electron chi connectivity index (χ1n) is 22.4. The number of nitriles is 1. The van der Waals surface area contributed by atoms with E-state index in [0.717, 1.165) is 49.9 Å². The Bertz CT molecular complexity index is 1930. The SMILES string of the molecule is COCCOCCOCCOCCOCCOCCCOc1nn([C@H]2CC[C@H](N3C[C@@H](C)O[C@@H](C)C3)CC2)cc1Nc1ncc(-c2ccc(C#N)c(O[C@@H](C)Cn3cnnn3)c2)cn1. The van der Waals surface area contributed by atoms with Crippen LogP contribution in [0.25, 0.3) is 11.1 Å². The largest absolute Gasteiger partial charge is 0.487 e. The average Bonchev–Trinajstić information content (AvgIpc) is 3.97. The second kappa shape index (κ2) is 26.8. The maximum absolute atomic E-state index is 9.75. The van der Waals surface area contributed by atoms with Gasteiger partial charge in [-0.2, -0.15) is 5.26 Å². The summed E-state index contributed by atoms with van der Waals surface area (Å²) in [4.78, 5) is 11.9. The van der Waals surface area contributed by atoms with Crippen LogP contribution in [0.3, 0.4) is 0 Å². The van der Waals surface area contributed by atoms with Gasteiger partial charge in [0.05, 0.1) is 109 Å². The number of hydrogen-bond donors (Lipinski definition) is 1. The Hall–Kier alpha value is -4.85. The lowest BCUT2D eigenvalue weighted by Gasteiger charge is -2.42. The van der Waals surface area contributed by atoms with Crippen molar-refractivity contribution in [2.45, 2.75) is 89.8 Å². The van der Waals surface area contributed by atoms with Crippen LogP contribution in [-0.2, 0) is 39.7 Å². The van der Waals surface area contributed by atoms with Crippen LogP contribution >= 0.6 is 0 Å². The summed E-state index contributed by atoms with van der Waals surface area (Å²) in [6.07, 6.45) is 12.1. The molecule has 0 amide bonds. The maximum atomic E-state index is 9.75. The monoisotopic (exact) mass is 891 g/mol. The molecule has 3 aromatic heterocycles. The van der Waals surface area contributed by atoms with Crippen molar-refractivity contribution < 1.29 is 42.6 Å². The molecule has 4 heterocycles. The molecule has 1 aliphatic carbocycles. The third-order valence-electron chi connectivity index (χ3n) is 10.8. The van der Waals surface area contributed by atoms with E-state index in [9.17, 15) is 5.26 Å². The third kappa shape index (κ3) is 16.0. The van der Waals surface area contributed by atoms with Gasteiger partial charge in [-0.15, -0.1) is 10.2 Å². The molecule has 0 spiro atoms. The first kappa shape index (κ1) is 48.6. The smallest absolute Gasteiger partial charge is 0.256 e. The summed E-state index contributed by atoms with van der Waals surface area (Å²) in [6.45, 7) is 14.7. The van der Waals surface area contributed by atoms with Crippen LogP contribution in [0.2, 0.25) is 0 Å². The Labute approximate surface area is 375 Å². The molecule has 0 radical (unpaired) electrons. The van der Waals surface area contributed by atoms with Crippen molar-refractivity contribution in [3.05, 3.63) is 48.7 Å². The third-order valence-corrected chi connectivity index (χ3v) is 10.8. The molecule has 20 nitrogen and oxygen atoms in total. The summed E-state index contributed by atoms with van der Waals surface area (Å²) >= 11 is 0. The summed E-state index contributed by atoms with van der Waals surface area (Å²) in [5.74, 6) is 1.34. The molecular weight excluding hydrogens is 827 g/mol. The number of nitrogens with one attached hydrogen (secondary N) is 1. The van der Waals surface area contributed by atoms with Crippen LogP contribution in [0, 0.1) is 11.3 Å². The molecule has 0 bridgehead atoms. The molecule has 2 aliphatic rings. The van der Waals surface area contributed by atoms with E-state index >= 15 is 0 Å². The number of aromatic nitrogens is 8. The van der Waals surface area contributed by atoms with Gasteiger partial charge in [-0.1, -0.05) is 6.07 Å². The quantitative estimate of drug-likeness (QED) is 0.0744. The van der Waals surface area contributed by atoms with E-state index in [-0.39, 0.29) is 24.4 Å². The van der Waals surface area contributed by atoms with Crippen LogP contribution < -0.4 is 14.8 Å². The molecule has 1 N–H and O–H groups in total. The molecular formula is C44H65N11O9. The summed E-state index contributed by atoms with van der Waals surface area (Å²) in [7, 11) is 1.65. The highest BCUT2D eigenvalue weighted by molar-refractivity contribution is 5.67. The minimum atomic E-state index is -0.289. The zero-order valence-corrected chi connectivity index (χ0v) is 37.7. The molecule has 1 aliphatic heterocycles. The van der Waals surface area contributed by atoms with Crippen molar-refractivity contribution in [2.24, 2.45) is 0 Å². The lowest BCUT2D eigenvalue weighted by Crippen LogP contribution is -2.51. The summed E-state index contributed by atoms with van der Waals surface area (Å²) < 4.78 is 54.8. The van der Waals surface area contributed by atoms with E-state index in [0.29, 0.717) is 127 Å². The number of hydrogen-bond acceptors (Lipinski definition) is 18. The molecule has 64 heavy (non-hydrogen) atoms. The van der Waals surface area contributed by atoms with Crippen LogP contribution in [0.15, 0.2) is 43.1 Å². The van der Waals surface area contributed by atoms with E-state index < -0.39 is 0 Å². The molecule has 1 aromatic carbocycles. The van der Waals surface area contributed by atoms with Crippen molar-refractivity contribution in [3.63, 3.8) is 0 Å². The Kier molecular flexibility index (Phi) is 20.4. The second-order valence-electron chi connectivity index (χ2n) is 16.0. The van der Waals surface area contributed by atoms with Crippen molar-refractivity contribution in [1.82, 2.24) is 44.9 Å². The van der Waals surface area contributed by atoms with E-state index in [2.05, 4.69) is 55.6 Å². The average molecular weight is 892 g/mol. The highest BCUT2D eigenvalue weighted by Crippen LogP contribution is 2.35. The Morgan fingerprint density at radius 2 is 1.44 bits per heavy atom. The molecule has 3 atom stereocenters. The number of benzene rings is 1. The molecule has 20 heteroatoms. The standard InChI is InChI=1S/C44H65N11O9/c1-33-28-53(29-34(2)63-33)39-8-10-40(11-9-39)55-31-41(43(50-55)62-13-5-12-57-16-17-59-20-21-61-23-22-60-19-18-58-15-14-56-4)49-44-46-26-38(27-47-44)36-6-7-37(25-45)42(24-36)64-35(3)30-54-32-48-51-52-54/h6-7,24,26-27,31-35,39-40H,5,8-23,28-30H2,1-4H3,(H,46,47,49)/t33-,34+,35-,39-,40-/m0/s1. The van der Waals surface area contributed by atoms with Gasteiger partial charge in [0.15, 0.2) is 0 Å². The zero-order valence-electron chi connectivity index (χ0n) is 37.7. The molecule has 6 rings (SSSR count). The number of tetrazole rings is 1. The molecule has 1 saturated heterocycles. The molecule has 1 saturated carbocycles. The Balaban J connectivity index is 0.976. The lowest BCUT2D eigenvalue weighted by molar-refractivity contribution is -0.0852. The van der Waals surface area contributed by atoms with Gasteiger partial charge in [0.2, 0.25) is 5.95 Å². The van der Waals surface area contributed by atoms with E-state index in [1.807, 2.05) is 29.9 Å². The molecule has 350 valence electrons. The fourth-order valence-corrected chi connectivity index (χ4v) is 7.75. The number of morpholine rings is 1. The second-order valence-corrected chi connectivity index (χ2v) is 16.0. The fourth-order valence-electron chi connectivity index (χ4n) is 7.75. The van der Waals surface area contributed by atoms with Crippen LogP contribution in [0.1, 0.15) is 64.5 Å². The minimum absolute atomic E-state index is 0.246. The van der Waals surface area contributed by atoms with Gasteiger partial charge in [0.1, 0.15) is 29.9 Å². The lowest BCUT2D eigenvalue weighted by atomic mass is 9.89. The minimum Gasteiger partial charge on any atom is -0.487 e. The molecule has 4 aromatic rings. The number of anilines is 2. The van der Waals surface area contributed by atoms with E-state index in [1.54, 1.807) is 30.3 Å². The summed E-state index contributed by atoms with van der Waals surface area (Å²) in [5, 5.41) is 29.3. The first-order chi connectivity index (χ1) is 31.4. The van der Waals surface area contributed by atoms with E-state index in [1.165, 1.54) is 6.33 Å². The van der Waals surface area contributed by atoms with E-state index in [4.69, 9.17) is 47.7 Å². The Morgan fingerprint density at radius 3 is 2.05 bits per heavy atom. The van der Waals surface area contributed by atoms with Gasteiger partial charge >= 0.3 is 0 Å². The van der Waals surface area contributed by atoms with Crippen molar-refractivity contribution in [2.75, 3.05) is 105 Å². The number of rotatable bonds is 29. The van der Waals surface area contributed by atoms with Crippen molar-refractivity contribution in [3.8, 4) is 28.8 Å². The van der Waals surface area contributed by atoms with Crippen molar-refractivity contribution >= 4 is 11.6 Å². The fraction of sp³-hybridized carbons (Fsp3) is 0.659. The predicted octanol–water partition coefficient (Wildman–Crippen LogP) is 4.50. The normalized spacial score (nSPS) is 19.6. The van der Waals surface area contributed by atoms with Gasteiger partial charge in [-0.05, 0) is 74.6 Å². The van der Waals surface area contributed by atoms with Crippen molar-refractivity contribution in [1.29, 1.82) is 5.26 Å².